The van der Waals surface area contributed by atoms with Crippen molar-refractivity contribution in [3.05, 3.63) is 107 Å². The first-order valence-electron chi connectivity index (χ1n) is 9.85. The third-order valence-electron chi connectivity index (χ3n) is 5.30. The van der Waals surface area contributed by atoms with Gasteiger partial charge >= 0.3 is 0 Å². The smallest absolute Gasteiger partial charge is 0.267 e. The molecule has 0 radical (unpaired) electrons. The van der Waals surface area contributed by atoms with Crippen LogP contribution in [0.4, 0.5) is 4.39 Å². The molecule has 1 heterocycles. The zero-order chi connectivity index (χ0) is 20.4. The number of nitrogens with zero attached hydrogens (tertiary/aromatic N) is 2. The second-order valence-electron chi connectivity index (χ2n) is 7.61. The van der Waals surface area contributed by atoms with E-state index in [2.05, 4.69) is 43.2 Å². The minimum Gasteiger partial charge on any atom is -0.267 e. The van der Waals surface area contributed by atoms with E-state index in [1.54, 1.807) is 29.3 Å². The van der Waals surface area contributed by atoms with Crippen LogP contribution in [0.2, 0.25) is 0 Å². The summed E-state index contributed by atoms with van der Waals surface area (Å²) in [6.45, 7) is 4.32. The third-order valence-corrected chi connectivity index (χ3v) is 5.30. The van der Waals surface area contributed by atoms with Crippen molar-refractivity contribution in [3.8, 4) is 0 Å². The van der Waals surface area contributed by atoms with Crippen molar-refractivity contribution in [3.63, 3.8) is 0 Å². The lowest BCUT2D eigenvalue weighted by Crippen LogP contribution is -2.27. The summed E-state index contributed by atoms with van der Waals surface area (Å²) < 4.78 is 13.3. The van der Waals surface area contributed by atoms with Crippen LogP contribution in [0, 0.1) is 5.82 Å². The molecule has 0 spiro atoms. The van der Waals surface area contributed by atoms with Crippen LogP contribution in [-0.2, 0) is 0 Å². The van der Waals surface area contributed by atoms with Gasteiger partial charge in [-0.25, -0.2) is 9.40 Å². The van der Waals surface area contributed by atoms with E-state index in [4.69, 9.17) is 0 Å². The average Bonchev–Trinajstić information content (AvgIpc) is 3.20. The standard InChI is InChI=1S/C25H23FN2O/c1-17(2)18-8-10-20(11-9-18)24-16-23(19-12-14-22(26)15-13-19)27-28(24)25(29)21-6-4-3-5-7-21/h3-15,17,24H,16H2,1-2H3. The summed E-state index contributed by atoms with van der Waals surface area (Å²) in [7, 11) is 0. The maximum atomic E-state index is 13.3. The number of hydrazone groups is 1. The molecule has 146 valence electrons. The molecular weight excluding hydrogens is 363 g/mol. The Morgan fingerprint density at radius 3 is 2.24 bits per heavy atom. The zero-order valence-corrected chi connectivity index (χ0v) is 16.5. The van der Waals surface area contributed by atoms with E-state index in [-0.39, 0.29) is 17.8 Å². The van der Waals surface area contributed by atoms with Gasteiger partial charge in [-0.2, -0.15) is 5.10 Å². The molecule has 0 saturated heterocycles. The summed E-state index contributed by atoms with van der Waals surface area (Å²) >= 11 is 0. The molecule has 0 bridgehead atoms. The summed E-state index contributed by atoms with van der Waals surface area (Å²) in [6.07, 6.45) is 0.589. The molecule has 4 rings (SSSR count). The predicted molar refractivity (Wildman–Crippen MR) is 113 cm³/mol. The zero-order valence-electron chi connectivity index (χ0n) is 16.5. The molecule has 0 N–H and O–H groups in total. The van der Waals surface area contributed by atoms with Crippen molar-refractivity contribution >= 4 is 11.6 Å². The van der Waals surface area contributed by atoms with E-state index in [1.165, 1.54) is 17.7 Å². The van der Waals surface area contributed by atoms with Gasteiger partial charge in [0.25, 0.3) is 5.91 Å². The van der Waals surface area contributed by atoms with Crippen molar-refractivity contribution in [1.29, 1.82) is 0 Å². The lowest BCUT2D eigenvalue weighted by Gasteiger charge is -2.22. The number of hydrogen-bond acceptors (Lipinski definition) is 2. The molecule has 0 aromatic heterocycles. The van der Waals surface area contributed by atoms with Crippen LogP contribution in [-0.4, -0.2) is 16.6 Å². The normalized spacial score (nSPS) is 16.2. The Morgan fingerprint density at radius 2 is 1.62 bits per heavy atom. The minimum atomic E-state index is -0.287. The summed E-state index contributed by atoms with van der Waals surface area (Å²) in [6, 6.07) is 23.6. The second-order valence-corrected chi connectivity index (χ2v) is 7.61. The molecule has 0 aliphatic carbocycles. The van der Waals surface area contributed by atoms with E-state index in [0.717, 1.165) is 16.8 Å². The average molecular weight is 386 g/mol. The SMILES string of the molecule is CC(C)c1ccc(C2CC(c3ccc(F)cc3)=NN2C(=O)c2ccccc2)cc1. The molecule has 4 heteroatoms. The number of rotatable bonds is 4. The molecule has 3 aromatic rings. The highest BCUT2D eigenvalue weighted by molar-refractivity contribution is 6.05. The maximum absolute atomic E-state index is 13.3. The van der Waals surface area contributed by atoms with Crippen LogP contribution < -0.4 is 0 Å². The molecule has 29 heavy (non-hydrogen) atoms. The molecule has 1 atom stereocenters. The molecule has 3 nitrogen and oxygen atoms in total. The van der Waals surface area contributed by atoms with Gasteiger partial charge < -0.3 is 0 Å². The van der Waals surface area contributed by atoms with Crippen LogP contribution in [0.15, 0.2) is 84.0 Å². The molecule has 1 amide bonds. The monoisotopic (exact) mass is 386 g/mol. The van der Waals surface area contributed by atoms with Crippen molar-refractivity contribution in [2.24, 2.45) is 5.10 Å². The fourth-order valence-corrected chi connectivity index (χ4v) is 3.59. The molecule has 1 aliphatic heterocycles. The van der Waals surface area contributed by atoms with Gasteiger partial charge in [0.1, 0.15) is 5.82 Å². The van der Waals surface area contributed by atoms with Gasteiger partial charge in [-0.3, -0.25) is 4.79 Å². The number of halogens is 1. The lowest BCUT2D eigenvalue weighted by atomic mass is 9.95. The molecule has 0 fully saturated rings. The van der Waals surface area contributed by atoms with Crippen LogP contribution in [0.1, 0.15) is 59.3 Å². The maximum Gasteiger partial charge on any atom is 0.274 e. The van der Waals surface area contributed by atoms with E-state index >= 15 is 0 Å². The Bertz CT molecular complexity index is 1020. The van der Waals surface area contributed by atoms with Crippen molar-refractivity contribution in [2.75, 3.05) is 0 Å². The molecule has 1 aliphatic rings. The molecule has 0 saturated carbocycles. The highest BCUT2D eigenvalue weighted by Gasteiger charge is 2.33. The van der Waals surface area contributed by atoms with Crippen molar-refractivity contribution < 1.29 is 9.18 Å². The van der Waals surface area contributed by atoms with Gasteiger partial charge in [0.2, 0.25) is 0 Å². The van der Waals surface area contributed by atoms with Gasteiger partial charge in [0, 0.05) is 12.0 Å². The van der Waals surface area contributed by atoms with Gasteiger partial charge in [-0.1, -0.05) is 68.4 Å². The molecule has 3 aromatic carbocycles. The minimum absolute atomic E-state index is 0.138. The molecule has 1 unspecified atom stereocenters. The van der Waals surface area contributed by atoms with Crippen molar-refractivity contribution in [2.45, 2.75) is 32.2 Å². The Balaban J connectivity index is 1.70. The van der Waals surface area contributed by atoms with Gasteiger partial charge in [-0.15, -0.1) is 0 Å². The van der Waals surface area contributed by atoms with E-state index < -0.39 is 0 Å². The largest absolute Gasteiger partial charge is 0.274 e. The van der Waals surface area contributed by atoms with Crippen LogP contribution >= 0.6 is 0 Å². The first kappa shape index (κ1) is 19.1. The first-order valence-corrected chi connectivity index (χ1v) is 9.85. The van der Waals surface area contributed by atoms with Gasteiger partial charge in [0.05, 0.1) is 11.8 Å². The highest BCUT2D eigenvalue weighted by atomic mass is 19.1. The Hall–Kier alpha value is -3.27. The summed E-state index contributed by atoms with van der Waals surface area (Å²) in [5.41, 5.74) is 4.51. The fourth-order valence-electron chi connectivity index (χ4n) is 3.59. The fraction of sp³-hybridized carbons (Fsp3) is 0.200. The van der Waals surface area contributed by atoms with Crippen LogP contribution in [0.25, 0.3) is 0 Å². The molecular formula is C25H23FN2O. The number of benzene rings is 3. The number of amides is 1. The Labute approximate surface area is 170 Å². The van der Waals surface area contributed by atoms with Gasteiger partial charge in [-0.05, 0) is 46.9 Å². The quantitative estimate of drug-likeness (QED) is 0.546. The number of hydrogen-bond donors (Lipinski definition) is 0. The highest BCUT2D eigenvalue weighted by Crippen LogP contribution is 2.34. The van der Waals surface area contributed by atoms with E-state index in [9.17, 15) is 9.18 Å². The summed E-state index contributed by atoms with van der Waals surface area (Å²) in [5.74, 6) is 0.0201. The van der Waals surface area contributed by atoms with E-state index in [0.29, 0.717) is 17.9 Å². The first-order chi connectivity index (χ1) is 14.0. The predicted octanol–water partition coefficient (Wildman–Crippen LogP) is 5.94. The Morgan fingerprint density at radius 1 is 0.966 bits per heavy atom. The number of carbonyl (C=O) groups excluding carboxylic acids is 1. The topological polar surface area (TPSA) is 32.7 Å². The summed E-state index contributed by atoms with van der Waals surface area (Å²) in [4.78, 5) is 13.2. The third kappa shape index (κ3) is 3.97. The van der Waals surface area contributed by atoms with Crippen LogP contribution in [0.5, 0.6) is 0 Å². The lowest BCUT2D eigenvalue weighted by molar-refractivity contribution is 0.0711. The van der Waals surface area contributed by atoms with Crippen molar-refractivity contribution in [1.82, 2.24) is 5.01 Å². The van der Waals surface area contributed by atoms with Gasteiger partial charge in [0.15, 0.2) is 0 Å². The Kier molecular flexibility index (Phi) is 5.26. The number of carbonyl (C=O) groups is 1. The summed E-state index contributed by atoms with van der Waals surface area (Å²) in [5, 5.41) is 6.23. The second kappa shape index (κ2) is 8.00. The van der Waals surface area contributed by atoms with E-state index in [1.807, 2.05) is 18.2 Å². The van der Waals surface area contributed by atoms with Crippen LogP contribution in [0.3, 0.4) is 0 Å².